The van der Waals surface area contributed by atoms with Crippen LogP contribution in [0.4, 0.5) is 0 Å². The van der Waals surface area contributed by atoms with E-state index in [1.165, 1.54) is 44.9 Å². The second kappa shape index (κ2) is 6.58. The molecule has 1 atom stereocenters. The van der Waals surface area contributed by atoms with E-state index >= 15 is 0 Å². The molecule has 0 bridgehead atoms. The van der Waals surface area contributed by atoms with Crippen LogP contribution >= 0.6 is 0 Å². The molecule has 0 radical (unpaired) electrons. The van der Waals surface area contributed by atoms with E-state index in [4.69, 9.17) is 4.74 Å². The van der Waals surface area contributed by atoms with Crippen molar-refractivity contribution in [2.24, 2.45) is 5.92 Å². The van der Waals surface area contributed by atoms with Gasteiger partial charge in [0, 0.05) is 19.2 Å². The van der Waals surface area contributed by atoms with Crippen molar-refractivity contribution in [1.82, 2.24) is 5.32 Å². The molecule has 0 heterocycles. The molecule has 3 heteroatoms. The molecule has 1 unspecified atom stereocenters. The molecule has 2 saturated carbocycles. The van der Waals surface area contributed by atoms with Crippen LogP contribution in [0.25, 0.3) is 0 Å². The van der Waals surface area contributed by atoms with E-state index in [1.54, 1.807) is 0 Å². The highest BCUT2D eigenvalue weighted by atomic mass is 16.5. The Kier molecular flexibility index (Phi) is 5.07. The van der Waals surface area contributed by atoms with Gasteiger partial charge in [0.05, 0.1) is 12.7 Å². The minimum Gasteiger partial charge on any atom is -0.389 e. The minimum absolute atomic E-state index is 0.329. The van der Waals surface area contributed by atoms with Gasteiger partial charge in [-0.05, 0) is 31.6 Å². The van der Waals surface area contributed by atoms with Crippen LogP contribution in [0, 0.1) is 5.92 Å². The maximum atomic E-state index is 9.67. The van der Waals surface area contributed by atoms with Gasteiger partial charge in [0.1, 0.15) is 0 Å². The van der Waals surface area contributed by atoms with Crippen LogP contribution < -0.4 is 5.32 Å². The van der Waals surface area contributed by atoms with Crippen molar-refractivity contribution in [3.8, 4) is 0 Å². The summed E-state index contributed by atoms with van der Waals surface area (Å²) in [4.78, 5) is 0. The van der Waals surface area contributed by atoms with Crippen molar-refractivity contribution >= 4 is 0 Å². The van der Waals surface area contributed by atoms with Gasteiger partial charge in [0.15, 0.2) is 0 Å². The summed E-state index contributed by atoms with van der Waals surface area (Å²) in [6.45, 7) is 2.03. The SMILES string of the molecule is OC(CNC1CC1)COCC1CCCCC1. The largest absolute Gasteiger partial charge is 0.389 e. The Labute approximate surface area is 98.6 Å². The quantitative estimate of drug-likeness (QED) is 0.695. The molecule has 3 nitrogen and oxygen atoms in total. The fourth-order valence-corrected chi connectivity index (χ4v) is 2.37. The molecule has 0 spiro atoms. The summed E-state index contributed by atoms with van der Waals surface area (Å²) in [5.41, 5.74) is 0. The Morgan fingerprint density at radius 2 is 1.88 bits per heavy atom. The van der Waals surface area contributed by atoms with Crippen LogP contribution in [0.1, 0.15) is 44.9 Å². The third-order valence-electron chi connectivity index (χ3n) is 3.61. The first-order valence-corrected chi connectivity index (χ1v) is 6.84. The van der Waals surface area contributed by atoms with Gasteiger partial charge >= 0.3 is 0 Å². The van der Waals surface area contributed by atoms with Gasteiger partial charge in [-0.2, -0.15) is 0 Å². The summed E-state index contributed by atoms with van der Waals surface area (Å²) in [6, 6.07) is 0.674. The summed E-state index contributed by atoms with van der Waals surface area (Å²) in [5.74, 6) is 0.748. The number of ether oxygens (including phenoxy) is 1. The Balaban J connectivity index is 1.45. The average molecular weight is 227 g/mol. The van der Waals surface area contributed by atoms with Gasteiger partial charge < -0.3 is 15.2 Å². The van der Waals surface area contributed by atoms with Crippen LogP contribution in [-0.4, -0.2) is 37.0 Å². The fraction of sp³-hybridized carbons (Fsp3) is 1.00. The smallest absolute Gasteiger partial charge is 0.0897 e. The topological polar surface area (TPSA) is 41.5 Å². The number of nitrogens with one attached hydrogen (secondary N) is 1. The van der Waals surface area contributed by atoms with Crippen LogP contribution in [0.3, 0.4) is 0 Å². The van der Waals surface area contributed by atoms with Crippen molar-refractivity contribution in [2.75, 3.05) is 19.8 Å². The molecule has 0 aromatic rings. The first kappa shape index (κ1) is 12.3. The minimum atomic E-state index is -0.329. The molecule has 0 aromatic heterocycles. The molecule has 2 N–H and O–H groups in total. The van der Waals surface area contributed by atoms with E-state index < -0.39 is 0 Å². The molecule has 2 aliphatic carbocycles. The van der Waals surface area contributed by atoms with E-state index in [0.29, 0.717) is 19.2 Å². The summed E-state index contributed by atoms with van der Waals surface area (Å²) >= 11 is 0. The van der Waals surface area contributed by atoms with Crippen LogP contribution in [0.15, 0.2) is 0 Å². The number of rotatable bonds is 7. The standard InChI is InChI=1S/C13H25NO2/c15-13(8-14-12-6-7-12)10-16-9-11-4-2-1-3-5-11/h11-15H,1-10H2. The summed E-state index contributed by atoms with van der Waals surface area (Å²) in [5, 5.41) is 13.0. The predicted octanol–water partition coefficient (Wildman–Crippen LogP) is 1.70. The lowest BCUT2D eigenvalue weighted by atomic mass is 9.90. The van der Waals surface area contributed by atoms with E-state index in [0.717, 1.165) is 12.5 Å². The van der Waals surface area contributed by atoms with E-state index in [9.17, 15) is 5.11 Å². The normalized spacial score (nSPS) is 24.6. The van der Waals surface area contributed by atoms with E-state index in [1.807, 2.05) is 0 Å². The number of hydrogen-bond donors (Lipinski definition) is 2. The van der Waals surface area contributed by atoms with Gasteiger partial charge in [-0.25, -0.2) is 0 Å². The lowest BCUT2D eigenvalue weighted by molar-refractivity contribution is 0.0158. The molecule has 2 aliphatic rings. The zero-order valence-corrected chi connectivity index (χ0v) is 10.2. The molecule has 2 rings (SSSR count). The molecule has 16 heavy (non-hydrogen) atoms. The van der Waals surface area contributed by atoms with Crippen molar-refractivity contribution < 1.29 is 9.84 Å². The lowest BCUT2D eigenvalue weighted by Crippen LogP contribution is -2.32. The van der Waals surface area contributed by atoms with Crippen LogP contribution in [-0.2, 0) is 4.74 Å². The van der Waals surface area contributed by atoms with Crippen LogP contribution in [0.5, 0.6) is 0 Å². The molecule has 94 valence electrons. The van der Waals surface area contributed by atoms with E-state index in [2.05, 4.69) is 5.32 Å². The molecule has 2 fully saturated rings. The Bertz CT molecular complexity index is 188. The molecule has 0 saturated heterocycles. The van der Waals surface area contributed by atoms with Crippen LogP contribution in [0.2, 0.25) is 0 Å². The Morgan fingerprint density at radius 3 is 2.56 bits per heavy atom. The van der Waals surface area contributed by atoms with Crippen molar-refractivity contribution in [1.29, 1.82) is 0 Å². The zero-order chi connectivity index (χ0) is 11.2. The zero-order valence-electron chi connectivity index (χ0n) is 10.2. The number of hydrogen-bond acceptors (Lipinski definition) is 3. The van der Waals surface area contributed by atoms with Gasteiger partial charge in [-0.15, -0.1) is 0 Å². The third-order valence-corrected chi connectivity index (χ3v) is 3.61. The van der Waals surface area contributed by atoms with Gasteiger partial charge in [0.2, 0.25) is 0 Å². The second-order valence-electron chi connectivity index (χ2n) is 5.38. The molecule has 0 aromatic carbocycles. The maximum Gasteiger partial charge on any atom is 0.0897 e. The average Bonchev–Trinajstić information content (AvgIpc) is 3.12. The van der Waals surface area contributed by atoms with Gasteiger partial charge in [0.25, 0.3) is 0 Å². The maximum absolute atomic E-state index is 9.67. The van der Waals surface area contributed by atoms with Gasteiger partial charge in [-0.3, -0.25) is 0 Å². The Morgan fingerprint density at radius 1 is 1.12 bits per heavy atom. The molecule has 0 aliphatic heterocycles. The summed E-state index contributed by atoms with van der Waals surface area (Å²) < 4.78 is 5.60. The predicted molar refractivity (Wildman–Crippen MR) is 64.4 cm³/mol. The number of aliphatic hydroxyl groups excluding tert-OH is 1. The second-order valence-corrected chi connectivity index (χ2v) is 5.38. The number of aliphatic hydroxyl groups is 1. The third kappa shape index (κ3) is 4.81. The van der Waals surface area contributed by atoms with Crippen molar-refractivity contribution in [3.63, 3.8) is 0 Å². The summed E-state index contributed by atoms with van der Waals surface area (Å²) in [6.07, 6.45) is 8.96. The van der Waals surface area contributed by atoms with Gasteiger partial charge in [-0.1, -0.05) is 19.3 Å². The first-order valence-electron chi connectivity index (χ1n) is 6.84. The summed E-state index contributed by atoms with van der Waals surface area (Å²) in [7, 11) is 0. The van der Waals surface area contributed by atoms with Crippen molar-refractivity contribution in [2.45, 2.75) is 57.1 Å². The Hall–Kier alpha value is -0.120. The fourth-order valence-electron chi connectivity index (χ4n) is 2.37. The monoisotopic (exact) mass is 227 g/mol. The molecule has 0 amide bonds. The highest BCUT2D eigenvalue weighted by Gasteiger charge is 2.21. The first-order chi connectivity index (χ1) is 7.84. The lowest BCUT2D eigenvalue weighted by Gasteiger charge is -2.22. The molecular formula is C13H25NO2. The molecular weight excluding hydrogens is 202 g/mol. The highest BCUT2D eigenvalue weighted by Crippen LogP contribution is 2.23. The highest BCUT2D eigenvalue weighted by molar-refractivity contribution is 4.81. The van der Waals surface area contributed by atoms with Crippen molar-refractivity contribution in [3.05, 3.63) is 0 Å². The van der Waals surface area contributed by atoms with E-state index in [-0.39, 0.29) is 6.10 Å².